The van der Waals surface area contributed by atoms with E-state index in [9.17, 15) is 19.2 Å². The van der Waals surface area contributed by atoms with E-state index in [1.807, 2.05) is 6.92 Å². The number of carbonyl (C=O) groups is 4. The third kappa shape index (κ3) is 3.69. The van der Waals surface area contributed by atoms with Gasteiger partial charge in [-0.05, 0) is 52.0 Å². The Labute approximate surface area is 193 Å². The van der Waals surface area contributed by atoms with Gasteiger partial charge in [0.05, 0.1) is 7.11 Å². The van der Waals surface area contributed by atoms with Gasteiger partial charge in [-0.3, -0.25) is 14.4 Å². The van der Waals surface area contributed by atoms with Crippen molar-refractivity contribution in [2.45, 2.75) is 64.1 Å². The van der Waals surface area contributed by atoms with Crippen molar-refractivity contribution in [2.75, 3.05) is 20.2 Å². The zero-order valence-electron chi connectivity index (χ0n) is 19.6. The summed E-state index contributed by atoms with van der Waals surface area (Å²) in [4.78, 5) is 52.0. The molecule has 33 heavy (non-hydrogen) atoms. The van der Waals surface area contributed by atoms with Crippen LogP contribution in [0.15, 0.2) is 35.5 Å². The summed E-state index contributed by atoms with van der Waals surface area (Å²) in [5.41, 5.74) is -2.06. The molecule has 178 valence electrons. The second-order valence-electron chi connectivity index (χ2n) is 9.66. The van der Waals surface area contributed by atoms with E-state index in [0.717, 1.165) is 13.1 Å². The summed E-state index contributed by atoms with van der Waals surface area (Å²) in [7, 11) is 1.32. The molecule has 2 bridgehead atoms. The highest BCUT2D eigenvalue weighted by molar-refractivity contribution is 5.94. The molecular formula is C25H31NO7. The molecule has 0 aromatic rings. The Morgan fingerprint density at radius 2 is 1.94 bits per heavy atom. The molecular weight excluding hydrogens is 426 g/mol. The number of ether oxygens (including phenoxy) is 3. The average Bonchev–Trinajstić information content (AvgIpc) is 3.58. The zero-order valence-corrected chi connectivity index (χ0v) is 19.6. The van der Waals surface area contributed by atoms with E-state index >= 15 is 0 Å². The fourth-order valence-electron chi connectivity index (χ4n) is 5.95. The lowest BCUT2D eigenvalue weighted by atomic mass is 9.62. The number of cyclic esters (lactones) is 1. The van der Waals surface area contributed by atoms with E-state index in [-0.39, 0.29) is 18.2 Å². The summed E-state index contributed by atoms with van der Waals surface area (Å²) in [6.07, 6.45) is 9.05. The Kier molecular flexibility index (Phi) is 5.75. The number of rotatable bonds is 5. The number of esters is 3. The maximum atomic E-state index is 13.5. The van der Waals surface area contributed by atoms with Crippen LogP contribution in [-0.2, 0) is 33.4 Å². The normalized spacial score (nSPS) is 35.3. The molecule has 2 aliphatic carbocycles. The number of nitrogens with zero attached hydrogens (tertiary/aromatic N) is 1. The first-order valence-corrected chi connectivity index (χ1v) is 11.4. The maximum absolute atomic E-state index is 13.5. The summed E-state index contributed by atoms with van der Waals surface area (Å²) in [6, 6.07) is 0. The van der Waals surface area contributed by atoms with E-state index in [1.165, 1.54) is 14.0 Å². The summed E-state index contributed by atoms with van der Waals surface area (Å²) in [6.45, 7) is 6.48. The molecule has 2 saturated heterocycles. The van der Waals surface area contributed by atoms with Crippen LogP contribution in [0.5, 0.6) is 0 Å². The minimum atomic E-state index is -1.09. The van der Waals surface area contributed by atoms with Gasteiger partial charge in [-0.1, -0.05) is 18.2 Å². The third-order valence-electron chi connectivity index (χ3n) is 7.71. The number of methoxy groups -OCH3 is 1. The van der Waals surface area contributed by atoms with Crippen LogP contribution in [-0.4, -0.2) is 60.1 Å². The first-order chi connectivity index (χ1) is 15.6. The highest BCUT2D eigenvalue weighted by Crippen LogP contribution is 2.65. The lowest BCUT2D eigenvalue weighted by Gasteiger charge is -2.54. The molecule has 0 unspecified atom stereocenters. The lowest BCUT2D eigenvalue weighted by Crippen LogP contribution is -2.65. The molecule has 8 nitrogen and oxygen atoms in total. The van der Waals surface area contributed by atoms with Crippen LogP contribution in [0.2, 0.25) is 0 Å². The Balaban J connectivity index is 1.70. The predicted octanol–water partition coefficient (Wildman–Crippen LogP) is 2.63. The van der Waals surface area contributed by atoms with Crippen molar-refractivity contribution < 1.29 is 33.4 Å². The van der Waals surface area contributed by atoms with E-state index in [1.54, 1.807) is 36.1 Å². The number of hydrogen-bond acceptors (Lipinski definition) is 7. The Morgan fingerprint density at radius 3 is 2.58 bits per heavy atom. The molecule has 0 N–H and O–H groups in total. The van der Waals surface area contributed by atoms with Crippen LogP contribution in [0.4, 0.5) is 0 Å². The van der Waals surface area contributed by atoms with Crippen molar-refractivity contribution in [3.05, 3.63) is 35.5 Å². The van der Waals surface area contributed by atoms with Gasteiger partial charge >= 0.3 is 17.9 Å². The quantitative estimate of drug-likeness (QED) is 0.206. The second-order valence-corrected chi connectivity index (χ2v) is 9.66. The lowest BCUT2D eigenvalue weighted by molar-refractivity contribution is -0.235. The maximum Gasteiger partial charge on any atom is 0.333 e. The van der Waals surface area contributed by atoms with E-state index in [0.29, 0.717) is 36.8 Å². The van der Waals surface area contributed by atoms with Gasteiger partial charge < -0.3 is 19.1 Å². The number of carbonyl (C=O) groups excluding carboxylic acids is 4. The van der Waals surface area contributed by atoms with Crippen molar-refractivity contribution in [1.82, 2.24) is 4.90 Å². The fourth-order valence-corrected chi connectivity index (χ4v) is 5.95. The summed E-state index contributed by atoms with van der Waals surface area (Å²) in [5, 5.41) is 0. The largest absolute Gasteiger partial charge is 0.466 e. The highest BCUT2D eigenvalue weighted by atomic mass is 16.6. The molecule has 0 aromatic carbocycles. The Bertz CT molecular complexity index is 991. The monoisotopic (exact) mass is 457 g/mol. The van der Waals surface area contributed by atoms with Crippen molar-refractivity contribution in [2.24, 2.45) is 11.3 Å². The molecule has 8 heteroatoms. The van der Waals surface area contributed by atoms with Gasteiger partial charge in [0.15, 0.2) is 0 Å². The van der Waals surface area contributed by atoms with E-state index in [2.05, 4.69) is 0 Å². The predicted molar refractivity (Wildman–Crippen MR) is 118 cm³/mol. The van der Waals surface area contributed by atoms with Crippen molar-refractivity contribution in [3.63, 3.8) is 0 Å². The Morgan fingerprint density at radius 1 is 1.21 bits per heavy atom. The highest BCUT2D eigenvalue weighted by Gasteiger charge is 2.74. The molecule has 0 radical (unpaired) electrons. The summed E-state index contributed by atoms with van der Waals surface area (Å²) in [5.74, 6) is -1.62. The molecule has 1 amide bonds. The SMILES string of the molecule is COC(=O)C1=CC[C@@]23CC[C@@H]([C@@](C)(/C=C/C=C(\C)C(=O)N4CC4)OC2=O)[C@@]3(OC(C)=O)CC1. The molecule has 1 saturated carbocycles. The Hall–Kier alpha value is -2.90. The fraction of sp³-hybridized carbons (Fsp3) is 0.600. The van der Waals surface area contributed by atoms with Crippen LogP contribution >= 0.6 is 0 Å². The van der Waals surface area contributed by atoms with Gasteiger partial charge in [-0.25, -0.2) is 4.79 Å². The third-order valence-corrected chi connectivity index (χ3v) is 7.71. The van der Waals surface area contributed by atoms with Gasteiger partial charge in [0.1, 0.15) is 16.6 Å². The zero-order chi connectivity index (χ0) is 24.0. The molecule has 4 aliphatic rings. The summed E-state index contributed by atoms with van der Waals surface area (Å²) < 4.78 is 17.0. The molecule has 2 heterocycles. The van der Waals surface area contributed by atoms with Crippen LogP contribution in [0, 0.1) is 11.3 Å². The van der Waals surface area contributed by atoms with Crippen LogP contribution in [0.3, 0.4) is 0 Å². The molecule has 4 atom stereocenters. The van der Waals surface area contributed by atoms with Crippen molar-refractivity contribution in [1.29, 1.82) is 0 Å². The minimum absolute atomic E-state index is 0.00751. The molecule has 3 fully saturated rings. The molecule has 2 aliphatic heterocycles. The molecule has 0 spiro atoms. The van der Waals surface area contributed by atoms with Gasteiger partial charge in [-0.2, -0.15) is 0 Å². The number of hydrogen-bond donors (Lipinski definition) is 0. The van der Waals surface area contributed by atoms with Gasteiger partial charge in [0, 0.05) is 37.1 Å². The van der Waals surface area contributed by atoms with Gasteiger partial charge in [-0.15, -0.1) is 0 Å². The second kappa shape index (κ2) is 8.15. The average molecular weight is 458 g/mol. The van der Waals surface area contributed by atoms with Crippen LogP contribution in [0.25, 0.3) is 0 Å². The van der Waals surface area contributed by atoms with Crippen LogP contribution in [0.1, 0.15) is 52.9 Å². The van der Waals surface area contributed by atoms with E-state index in [4.69, 9.17) is 14.2 Å². The number of amides is 1. The van der Waals surface area contributed by atoms with Gasteiger partial charge in [0.25, 0.3) is 0 Å². The van der Waals surface area contributed by atoms with Gasteiger partial charge in [0.2, 0.25) is 5.91 Å². The van der Waals surface area contributed by atoms with Crippen molar-refractivity contribution in [3.8, 4) is 0 Å². The smallest absolute Gasteiger partial charge is 0.333 e. The molecule has 0 aromatic heterocycles. The van der Waals surface area contributed by atoms with E-state index < -0.39 is 34.5 Å². The van der Waals surface area contributed by atoms with Crippen molar-refractivity contribution >= 4 is 23.8 Å². The first-order valence-electron chi connectivity index (χ1n) is 11.4. The molecule has 4 rings (SSSR count). The standard InChI is InChI=1S/C25H31NO7/c1-16(20(28)26-14-15-26)6-5-10-23(3)19-9-12-24(22(30)33-23)11-7-18(21(29)31-4)8-13-25(19,24)32-17(2)27/h5-7,10,19H,8-9,11-15H2,1-4H3/b10-5+,16-6+/t19-,23+,24+,25-/m0/s1. The van der Waals surface area contributed by atoms with Crippen LogP contribution < -0.4 is 0 Å². The topological polar surface area (TPSA) is 99.0 Å². The number of allylic oxidation sites excluding steroid dienone is 3. The minimum Gasteiger partial charge on any atom is -0.466 e. The summed E-state index contributed by atoms with van der Waals surface area (Å²) >= 11 is 0. The first kappa shape index (κ1) is 23.3.